The second-order valence-electron chi connectivity index (χ2n) is 6.59. The molecule has 110 valence electrons. The van der Waals surface area contributed by atoms with E-state index in [1.165, 1.54) is 5.56 Å². The highest BCUT2D eigenvalue weighted by Crippen LogP contribution is 2.46. The fraction of sp³-hybridized carbons (Fsp3) is 0.647. The fourth-order valence-corrected chi connectivity index (χ4v) is 4.03. The molecule has 2 fully saturated rings. The summed E-state index contributed by atoms with van der Waals surface area (Å²) in [5.74, 6) is 0.368. The lowest BCUT2D eigenvalue weighted by molar-refractivity contribution is -0.0706. The van der Waals surface area contributed by atoms with Crippen molar-refractivity contribution < 1.29 is 10.2 Å². The normalized spacial score (nSPS) is 33.5. The third-order valence-electron chi connectivity index (χ3n) is 5.22. The van der Waals surface area contributed by atoms with Crippen LogP contribution in [0.25, 0.3) is 0 Å². The number of aliphatic hydroxyl groups is 2. The Hall–Kier alpha value is -0.900. The van der Waals surface area contributed by atoms with E-state index in [4.69, 9.17) is 0 Å². The Morgan fingerprint density at radius 3 is 2.80 bits per heavy atom. The van der Waals surface area contributed by atoms with Crippen LogP contribution in [-0.4, -0.2) is 47.5 Å². The van der Waals surface area contributed by atoms with Gasteiger partial charge in [0.05, 0.1) is 12.7 Å². The minimum Gasteiger partial charge on any atom is -0.396 e. The number of rotatable bonds is 5. The quantitative estimate of drug-likeness (QED) is 0.859. The van der Waals surface area contributed by atoms with Gasteiger partial charge in [0.25, 0.3) is 0 Å². The monoisotopic (exact) mass is 275 g/mol. The van der Waals surface area contributed by atoms with Gasteiger partial charge in [-0.15, -0.1) is 0 Å². The minimum absolute atomic E-state index is 0.125. The number of fused-ring (bicyclic) bond motifs is 2. The van der Waals surface area contributed by atoms with Gasteiger partial charge < -0.3 is 15.1 Å². The Morgan fingerprint density at radius 2 is 2.05 bits per heavy atom. The van der Waals surface area contributed by atoms with Crippen LogP contribution in [0.1, 0.15) is 24.8 Å². The molecule has 1 aliphatic heterocycles. The lowest BCUT2D eigenvalue weighted by Crippen LogP contribution is -2.53. The smallest absolute Gasteiger partial charge is 0.0671 e. The largest absolute Gasteiger partial charge is 0.396 e. The molecule has 1 saturated heterocycles. The number of aryl methyl sites for hydroxylation is 1. The molecule has 0 spiro atoms. The molecule has 1 saturated carbocycles. The van der Waals surface area contributed by atoms with E-state index in [0.717, 1.165) is 45.3 Å². The van der Waals surface area contributed by atoms with Crippen LogP contribution in [0.5, 0.6) is 0 Å². The maximum absolute atomic E-state index is 10.3. The summed E-state index contributed by atoms with van der Waals surface area (Å²) < 4.78 is 0. The molecule has 1 aliphatic carbocycles. The Labute approximate surface area is 121 Å². The second-order valence-corrected chi connectivity index (χ2v) is 6.59. The first-order chi connectivity index (χ1) is 9.73. The fourth-order valence-electron chi connectivity index (χ4n) is 4.03. The van der Waals surface area contributed by atoms with Crippen molar-refractivity contribution in [2.75, 3.05) is 26.2 Å². The molecule has 0 radical (unpaired) electrons. The standard InChI is InChI=1S/C17H25NO2/c19-13-17-9-8-15(16(17)20)11-18(12-17)10-4-7-14-5-2-1-3-6-14/h1-3,5-6,15-16,19-20H,4,7-13H2. The van der Waals surface area contributed by atoms with Crippen molar-refractivity contribution in [3.63, 3.8) is 0 Å². The van der Waals surface area contributed by atoms with Crippen LogP contribution in [0.4, 0.5) is 0 Å². The number of nitrogens with zero attached hydrogens (tertiary/aromatic N) is 1. The SMILES string of the molecule is OCC12CCC(CN(CCCc3ccccc3)C1)C2O. The Morgan fingerprint density at radius 1 is 1.25 bits per heavy atom. The van der Waals surface area contributed by atoms with E-state index in [9.17, 15) is 10.2 Å². The van der Waals surface area contributed by atoms with Crippen molar-refractivity contribution in [3.8, 4) is 0 Å². The van der Waals surface area contributed by atoms with E-state index in [0.29, 0.717) is 5.92 Å². The predicted molar refractivity (Wildman–Crippen MR) is 79.5 cm³/mol. The lowest BCUT2D eigenvalue weighted by atomic mass is 9.80. The van der Waals surface area contributed by atoms with Crippen molar-refractivity contribution in [2.45, 2.75) is 31.8 Å². The zero-order valence-corrected chi connectivity index (χ0v) is 12.0. The average molecular weight is 275 g/mol. The highest BCUT2D eigenvalue weighted by molar-refractivity contribution is 5.14. The van der Waals surface area contributed by atoms with Gasteiger partial charge in [0.2, 0.25) is 0 Å². The predicted octanol–water partition coefficient (Wildman–Crippen LogP) is 1.68. The van der Waals surface area contributed by atoms with Crippen LogP contribution in [-0.2, 0) is 6.42 Å². The Kier molecular flexibility index (Phi) is 4.11. The van der Waals surface area contributed by atoms with Gasteiger partial charge >= 0.3 is 0 Å². The summed E-state index contributed by atoms with van der Waals surface area (Å²) in [4.78, 5) is 2.45. The van der Waals surface area contributed by atoms with E-state index < -0.39 is 0 Å². The summed E-state index contributed by atoms with van der Waals surface area (Å²) in [5, 5.41) is 20.0. The summed E-state index contributed by atoms with van der Waals surface area (Å²) >= 11 is 0. The molecule has 1 heterocycles. The first kappa shape index (κ1) is 14.1. The molecular weight excluding hydrogens is 250 g/mol. The maximum atomic E-state index is 10.3. The van der Waals surface area contributed by atoms with Crippen LogP contribution < -0.4 is 0 Å². The molecule has 2 aliphatic rings. The summed E-state index contributed by atoms with van der Waals surface area (Å²) in [6.45, 7) is 3.05. The van der Waals surface area contributed by atoms with Gasteiger partial charge in [-0.05, 0) is 43.7 Å². The highest BCUT2D eigenvalue weighted by Gasteiger charge is 2.51. The van der Waals surface area contributed by atoms with Crippen molar-refractivity contribution in [2.24, 2.45) is 11.3 Å². The first-order valence-corrected chi connectivity index (χ1v) is 7.79. The van der Waals surface area contributed by atoms with Crippen LogP contribution in [0.2, 0.25) is 0 Å². The van der Waals surface area contributed by atoms with Crippen LogP contribution in [0.15, 0.2) is 30.3 Å². The lowest BCUT2D eigenvalue weighted by Gasteiger charge is -2.43. The third-order valence-corrected chi connectivity index (χ3v) is 5.22. The maximum Gasteiger partial charge on any atom is 0.0671 e. The minimum atomic E-state index is -0.294. The van der Waals surface area contributed by atoms with Gasteiger partial charge in [-0.2, -0.15) is 0 Å². The number of hydrogen-bond acceptors (Lipinski definition) is 3. The molecule has 2 N–H and O–H groups in total. The van der Waals surface area contributed by atoms with Crippen molar-refractivity contribution in [1.82, 2.24) is 4.90 Å². The van der Waals surface area contributed by atoms with Crippen molar-refractivity contribution >= 4 is 0 Å². The highest BCUT2D eigenvalue weighted by atomic mass is 16.3. The molecule has 3 nitrogen and oxygen atoms in total. The van der Waals surface area contributed by atoms with Crippen LogP contribution >= 0.6 is 0 Å². The molecule has 2 bridgehead atoms. The zero-order valence-electron chi connectivity index (χ0n) is 12.0. The molecule has 3 heteroatoms. The summed E-state index contributed by atoms with van der Waals surface area (Å²) in [6, 6.07) is 10.6. The zero-order chi connectivity index (χ0) is 14.0. The molecule has 0 aromatic heterocycles. The van der Waals surface area contributed by atoms with Gasteiger partial charge in [-0.25, -0.2) is 0 Å². The number of piperidine rings is 1. The molecule has 3 unspecified atom stereocenters. The Bertz CT molecular complexity index is 436. The average Bonchev–Trinajstić information content (AvgIpc) is 2.68. The summed E-state index contributed by atoms with van der Waals surface area (Å²) in [5.41, 5.74) is 1.15. The van der Waals surface area contributed by atoms with Gasteiger partial charge in [0.15, 0.2) is 0 Å². The van der Waals surface area contributed by atoms with Gasteiger partial charge in [0.1, 0.15) is 0 Å². The van der Waals surface area contributed by atoms with Crippen LogP contribution in [0, 0.1) is 11.3 Å². The number of aliphatic hydroxyl groups excluding tert-OH is 2. The number of hydrogen-bond donors (Lipinski definition) is 2. The van der Waals surface area contributed by atoms with Gasteiger partial charge in [0, 0.05) is 18.5 Å². The van der Waals surface area contributed by atoms with E-state index in [-0.39, 0.29) is 18.1 Å². The molecule has 3 rings (SSSR count). The van der Waals surface area contributed by atoms with Crippen LogP contribution in [0.3, 0.4) is 0 Å². The van der Waals surface area contributed by atoms with Crippen molar-refractivity contribution in [1.29, 1.82) is 0 Å². The molecular formula is C17H25NO2. The van der Waals surface area contributed by atoms with E-state index >= 15 is 0 Å². The third kappa shape index (κ3) is 2.62. The van der Waals surface area contributed by atoms with Crippen molar-refractivity contribution in [3.05, 3.63) is 35.9 Å². The number of benzene rings is 1. The molecule has 1 aromatic carbocycles. The van der Waals surface area contributed by atoms with E-state index in [1.54, 1.807) is 0 Å². The molecule has 3 atom stereocenters. The first-order valence-electron chi connectivity index (χ1n) is 7.79. The summed E-state index contributed by atoms with van der Waals surface area (Å²) in [6.07, 6.45) is 4.00. The Balaban J connectivity index is 1.52. The topological polar surface area (TPSA) is 43.7 Å². The summed E-state index contributed by atoms with van der Waals surface area (Å²) in [7, 11) is 0. The molecule has 1 aromatic rings. The van der Waals surface area contributed by atoms with E-state index in [2.05, 4.69) is 35.2 Å². The number of likely N-dealkylation sites (tertiary alicyclic amines) is 1. The van der Waals surface area contributed by atoms with Gasteiger partial charge in [-0.1, -0.05) is 30.3 Å². The molecule has 20 heavy (non-hydrogen) atoms. The second kappa shape index (κ2) is 5.84. The van der Waals surface area contributed by atoms with E-state index in [1.807, 2.05) is 0 Å². The van der Waals surface area contributed by atoms with Gasteiger partial charge in [-0.3, -0.25) is 0 Å². The molecule has 0 amide bonds.